The van der Waals surface area contributed by atoms with E-state index in [1.165, 1.54) is 24.0 Å². The molecule has 0 fully saturated rings. The maximum Gasteiger partial charge on any atom is 0.341 e. The number of rotatable bonds is 9. The highest BCUT2D eigenvalue weighted by molar-refractivity contribution is 7.15. The Kier molecular flexibility index (Phi) is 7.67. The van der Waals surface area contributed by atoms with Crippen LogP contribution >= 0.6 is 11.3 Å². The molecule has 162 valence electrons. The third kappa shape index (κ3) is 5.64. The minimum absolute atomic E-state index is 0.163. The quantitative estimate of drug-likeness (QED) is 0.465. The van der Waals surface area contributed by atoms with Gasteiger partial charge in [-0.05, 0) is 41.8 Å². The predicted molar refractivity (Wildman–Crippen MR) is 122 cm³/mol. The zero-order chi connectivity index (χ0) is 22.2. The Bertz CT molecular complexity index is 1030. The largest absolute Gasteiger partial charge is 0.497 e. The van der Waals surface area contributed by atoms with Gasteiger partial charge in [0.15, 0.2) is 6.61 Å². The first-order valence-corrected chi connectivity index (χ1v) is 10.8. The lowest BCUT2D eigenvalue weighted by Gasteiger charge is -2.09. The summed E-state index contributed by atoms with van der Waals surface area (Å²) in [5, 5.41) is 5.01. The molecule has 0 aliphatic rings. The molecule has 7 heteroatoms. The Morgan fingerprint density at radius 1 is 0.968 bits per heavy atom. The van der Waals surface area contributed by atoms with Crippen LogP contribution in [-0.2, 0) is 16.0 Å². The number of amides is 1. The average molecular weight is 440 g/mol. The Labute approximate surface area is 185 Å². The van der Waals surface area contributed by atoms with Crippen molar-refractivity contribution in [3.63, 3.8) is 0 Å². The second-order valence-corrected chi connectivity index (χ2v) is 7.68. The van der Waals surface area contributed by atoms with E-state index in [0.717, 1.165) is 18.4 Å². The molecule has 0 spiro atoms. The molecule has 0 radical (unpaired) electrons. The second kappa shape index (κ2) is 10.6. The number of aryl methyl sites for hydroxylation is 1. The summed E-state index contributed by atoms with van der Waals surface area (Å²) in [4.78, 5) is 24.9. The van der Waals surface area contributed by atoms with Crippen LogP contribution in [0.2, 0.25) is 0 Å². The van der Waals surface area contributed by atoms with Crippen molar-refractivity contribution < 1.29 is 23.8 Å². The van der Waals surface area contributed by atoms with Crippen LogP contribution < -0.4 is 14.8 Å². The number of benzene rings is 2. The Morgan fingerprint density at radius 2 is 1.65 bits per heavy atom. The standard InChI is InChI=1S/C24H25NO5S/c1-4-5-16-6-10-19(11-7-16)30-14-21(26)25-23-22(24(27)29-3)20(15-31-23)17-8-12-18(28-2)13-9-17/h6-13,15H,4-5,14H2,1-3H3,(H,25,26). The van der Waals surface area contributed by atoms with Crippen molar-refractivity contribution in [3.05, 3.63) is 65.0 Å². The molecule has 0 unspecified atom stereocenters. The molecule has 1 N–H and O–H groups in total. The van der Waals surface area contributed by atoms with E-state index in [0.29, 0.717) is 27.6 Å². The monoisotopic (exact) mass is 439 g/mol. The van der Waals surface area contributed by atoms with Crippen molar-refractivity contribution >= 4 is 28.2 Å². The molecular weight excluding hydrogens is 414 g/mol. The van der Waals surface area contributed by atoms with E-state index in [-0.39, 0.29) is 12.5 Å². The van der Waals surface area contributed by atoms with Crippen molar-refractivity contribution in [2.45, 2.75) is 19.8 Å². The zero-order valence-electron chi connectivity index (χ0n) is 17.8. The van der Waals surface area contributed by atoms with Crippen LogP contribution in [0.3, 0.4) is 0 Å². The number of ether oxygens (including phenoxy) is 3. The highest BCUT2D eigenvalue weighted by Gasteiger charge is 2.22. The molecule has 0 aliphatic carbocycles. The number of methoxy groups -OCH3 is 2. The first-order valence-electron chi connectivity index (χ1n) is 9.91. The van der Waals surface area contributed by atoms with E-state index in [2.05, 4.69) is 12.2 Å². The van der Waals surface area contributed by atoms with Crippen molar-refractivity contribution in [2.75, 3.05) is 26.1 Å². The smallest absolute Gasteiger partial charge is 0.341 e. The molecule has 3 rings (SSSR count). The number of esters is 1. The van der Waals surface area contributed by atoms with E-state index >= 15 is 0 Å². The van der Waals surface area contributed by atoms with Gasteiger partial charge in [-0.1, -0.05) is 37.6 Å². The molecule has 2 aromatic carbocycles. The summed E-state index contributed by atoms with van der Waals surface area (Å²) in [5.74, 6) is 0.459. The van der Waals surface area contributed by atoms with E-state index < -0.39 is 5.97 Å². The Hall–Kier alpha value is -3.32. The maximum atomic E-state index is 12.4. The van der Waals surface area contributed by atoms with Crippen LogP contribution in [0.5, 0.6) is 11.5 Å². The van der Waals surface area contributed by atoms with Gasteiger partial charge in [0, 0.05) is 10.9 Å². The molecule has 0 atom stereocenters. The van der Waals surface area contributed by atoms with Crippen LogP contribution in [0.15, 0.2) is 53.9 Å². The van der Waals surface area contributed by atoms with Crippen LogP contribution in [0.4, 0.5) is 5.00 Å². The van der Waals surface area contributed by atoms with Crippen LogP contribution in [-0.4, -0.2) is 32.7 Å². The van der Waals surface area contributed by atoms with Crippen LogP contribution in [0.25, 0.3) is 11.1 Å². The number of hydrogen-bond donors (Lipinski definition) is 1. The van der Waals surface area contributed by atoms with E-state index in [9.17, 15) is 9.59 Å². The van der Waals surface area contributed by atoms with Gasteiger partial charge < -0.3 is 19.5 Å². The van der Waals surface area contributed by atoms with Gasteiger partial charge in [0.1, 0.15) is 22.1 Å². The van der Waals surface area contributed by atoms with Crippen LogP contribution in [0.1, 0.15) is 29.3 Å². The van der Waals surface area contributed by atoms with Gasteiger partial charge >= 0.3 is 5.97 Å². The first kappa shape index (κ1) is 22.4. The highest BCUT2D eigenvalue weighted by Crippen LogP contribution is 2.36. The van der Waals surface area contributed by atoms with Gasteiger partial charge in [-0.2, -0.15) is 0 Å². The molecule has 1 heterocycles. The number of thiophene rings is 1. The van der Waals surface area contributed by atoms with E-state index in [1.807, 2.05) is 53.9 Å². The Balaban J connectivity index is 1.72. The lowest BCUT2D eigenvalue weighted by atomic mass is 10.0. The molecule has 6 nitrogen and oxygen atoms in total. The fourth-order valence-electron chi connectivity index (χ4n) is 3.09. The molecule has 1 amide bonds. The van der Waals surface area contributed by atoms with Gasteiger partial charge in [-0.3, -0.25) is 4.79 Å². The molecule has 1 aromatic heterocycles. The van der Waals surface area contributed by atoms with Gasteiger partial charge in [0.2, 0.25) is 0 Å². The molecule has 0 saturated heterocycles. The lowest BCUT2D eigenvalue weighted by Crippen LogP contribution is -2.21. The molecule has 31 heavy (non-hydrogen) atoms. The summed E-state index contributed by atoms with van der Waals surface area (Å²) in [6.45, 7) is 1.96. The summed E-state index contributed by atoms with van der Waals surface area (Å²) in [5.41, 5.74) is 3.05. The number of hydrogen-bond acceptors (Lipinski definition) is 6. The van der Waals surface area contributed by atoms with Crippen molar-refractivity contribution in [3.8, 4) is 22.6 Å². The third-order valence-electron chi connectivity index (χ3n) is 4.67. The maximum absolute atomic E-state index is 12.4. The summed E-state index contributed by atoms with van der Waals surface area (Å²) < 4.78 is 15.7. The van der Waals surface area contributed by atoms with Gasteiger partial charge in [-0.25, -0.2) is 4.79 Å². The van der Waals surface area contributed by atoms with Gasteiger partial charge in [-0.15, -0.1) is 11.3 Å². The fourth-order valence-corrected chi connectivity index (χ4v) is 4.06. The van der Waals surface area contributed by atoms with Crippen LogP contribution in [0, 0.1) is 0 Å². The average Bonchev–Trinajstić information content (AvgIpc) is 3.21. The molecule has 0 aliphatic heterocycles. The number of anilines is 1. The van der Waals surface area contributed by atoms with E-state index in [1.54, 1.807) is 7.11 Å². The topological polar surface area (TPSA) is 73.9 Å². The minimum Gasteiger partial charge on any atom is -0.497 e. The Morgan fingerprint density at radius 3 is 2.26 bits per heavy atom. The molecule has 0 bridgehead atoms. The number of carbonyl (C=O) groups excluding carboxylic acids is 2. The normalized spacial score (nSPS) is 10.4. The van der Waals surface area contributed by atoms with Crippen molar-refractivity contribution in [1.29, 1.82) is 0 Å². The summed E-state index contributed by atoms with van der Waals surface area (Å²) >= 11 is 1.26. The SMILES string of the molecule is CCCc1ccc(OCC(=O)Nc2scc(-c3ccc(OC)cc3)c2C(=O)OC)cc1. The molecule has 0 saturated carbocycles. The summed E-state index contributed by atoms with van der Waals surface area (Å²) in [6, 6.07) is 15.0. The summed E-state index contributed by atoms with van der Waals surface area (Å²) in [7, 11) is 2.91. The van der Waals surface area contributed by atoms with E-state index in [4.69, 9.17) is 14.2 Å². The third-order valence-corrected chi connectivity index (χ3v) is 5.56. The lowest BCUT2D eigenvalue weighted by molar-refractivity contribution is -0.118. The fraction of sp³-hybridized carbons (Fsp3) is 0.250. The predicted octanol–water partition coefficient (Wildman–Crippen LogP) is 5.18. The minimum atomic E-state index is -0.519. The zero-order valence-corrected chi connectivity index (χ0v) is 18.6. The first-order chi connectivity index (χ1) is 15.0. The number of nitrogens with one attached hydrogen (secondary N) is 1. The summed E-state index contributed by atoms with van der Waals surface area (Å²) in [6.07, 6.45) is 2.08. The van der Waals surface area contributed by atoms with Gasteiger partial charge in [0.25, 0.3) is 5.91 Å². The molecule has 3 aromatic rings. The number of carbonyl (C=O) groups is 2. The highest BCUT2D eigenvalue weighted by atomic mass is 32.1. The van der Waals surface area contributed by atoms with Crippen molar-refractivity contribution in [2.24, 2.45) is 0 Å². The second-order valence-electron chi connectivity index (χ2n) is 6.80. The van der Waals surface area contributed by atoms with Gasteiger partial charge in [0.05, 0.1) is 14.2 Å². The molecular formula is C24H25NO5S. The van der Waals surface area contributed by atoms with Crippen molar-refractivity contribution in [1.82, 2.24) is 0 Å².